The SMILES string of the molecule is COCCn1c(C)c(C)c2cc(C(=O)Nc3cccc(-n4c(C)c[nH]c4=O)c3)ccc21. The number of benzene rings is 2. The number of amides is 1. The average Bonchev–Trinajstić information content (AvgIpc) is 3.22. The van der Waals surface area contributed by atoms with Crippen LogP contribution in [0.15, 0.2) is 53.5 Å². The molecular formula is C24H26N4O3. The zero-order valence-corrected chi connectivity index (χ0v) is 18.2. The number of rotatable bonds is 6. The molecule has 0 aliphatic rings. The number of anilines is 1. The number of nitrogens with zero attached hydrogens (tertiary/aromatic N) is 2. The summed E-state index contributed by atoms with van der Waals surface area (Å²) in [6.45, 7) is 7.40. The second-order valence-corrected chi connectivity index (χ2v) is 7.66. The van der Waals surface area contributed by atoms with Gasteiger partial charge in [-0.05, 0) is 62.7 Å². The Balaban J connectivity index is 1.63. The van der Waals surface area contributed by atoms with Gasteiger partial charge in [-0.25, -0.2) is 4.79 Å². The summed E-state index contributed by atoms with van der Waals surface area (Å²) in [4.78, 5) is 27.7. The normalized spacial score (nSPS) is 11.2. The highest BCUT2D eigenvalue weighted by molar-refractivity contribution is 6.06. The molecule has 0 unspecified atom stereocenters. The number of aromatic amines is 1. The number of imidazole rings is 1. The molecule has 0 saturated carbocycles. The number of aryl methyl sites for hydroxylation is 2. The zero-order valence-electron chi connectivity index (χ0n) is 18.2. The molecule has 160 valence electrons. The Hall–Kier alpha value is -3.58. The molecule has 2 heterocycles. The van der Waals surface area contributed by atoms with E-state index >= 15 is 0 Å². The fraction of sp³-hybridized carbons (Fsp3) is 0.250. The molecule has 0 spiro atoms. The van der Waals surface area contributed by atoms with Gasteiger partial charge in [-0.1, -0.05) is 6.07 Å². The van der Waals surface area contributed by atoms with Crippen LogP contribution in [0.25, 0.3) is 16.6 Å². The van der Waals surface area contributed by atoms with Crippen molar-refractivity contribution in [2.45, 2.75) is 27.3 Å². The molecule has 4 aromatic rings. The number of ether oxygens (including phenoxy) is 1. The monoisotopic (exact) mass is 418 g/mol. The third-order valence-corrected chi connectivity index (χ3v) is 5.74. The van der Waals surface area contributed by atoms with E-state index in [1.54, 1.807) is 23.9 Å². The van der Waals surface area contributed by atoms with Gasteiger partial charge in [0.05, 0.1) is 12.3 Å². The molecule has 0 bridgehead atoms. The van der Waals surface area contributed by atoms with Crippen LogP contribution in [-0.2, 0) is 11.3 Å². The molecule has 0 saturated heterocycles. The fourth-order valence-corrected chi connectivity index (χ4v) is 3.96. The van der Waals surface area contributed by atoms with Crippen molar-refractivity contribution in [1.82, 2.24) is 14.1 Å². The lowest BCUT2D eigenvalue weighted by Gasteiger charge is -2.10. The highest BCUT2D eigenvalue weighted by Crippen LogP contribution is 2.27. The number of fused-ring (bicyclic) bond motifs is 1. The van der Waals surface area contributed by atoms with Crippen molar-refractivity contribution in [3.8, 4) is 5.69 Å². The first kappa shape index (κ1) is 20.7. The molecule has 0 aliphatic heterocycles. The van der Waals surface area contributed by atoms with Crippen LogP contribution in [0.3, 0.4) is 0 Å². The van der Waals surface area contributed by atoms with E-state index in [1.807, 2.05) is 43.3 Å². The summed E-state index contributed by atoms with van der Waals surface area (Å²) in [7, 11) is 1.69. The molecular weight excluding hydrogens is 392 g/mol. The Morgan fingerprint density at radius 1 is 1.13 bits per heavy atom. The van der Waals surface area contributed by atoms with Crippen molar-refractivity contribution in [2.24, 2.45) is 0 Å². The Morgan fingerprint density at radius 2 is 1.94 bits per heavy atom. The molecule has 0 aliphatic carbocycles. The predicted molar refractivity (Wildman–Crippen MR) is 122 cm³/mol. The molecule has 31 heavy (non-hydrogen) atoms. The number of carbonyl (C=O) groups excluding carboxylic acids is 1. The Bertz CT molecular complexity index is 1330. The summed E-state index contributed by atoms with van der Waals surface area (Å²) in [5.41, 5.74) is 5.90. The van der Waals surface area contributed by atoms with Crippen LogP contribution in [-0.4, -0.2) is 33.7 Å². The molecule has 2 aromatic heterocycles. The van der Waals surface area contributed by atoms with E-state index in [2.05, 4.69) is 28.7 Å². The van der Waals surface area contributed by atoms with Crippen molar-refractivity contribution >= 4 is 22.5 Å². The number of hydrogen-bond donors (Lipinski definition) is 2. The van der Waals surface area contributed by atoms with Crippen LogP contribution in [0.1, 0.15) is 27.3 Å². The van der Waals surface area contributed by atoms with Crippen LogP contribution in [0, 0.1) is 20.8 Å². The molecule has 2 N–H and O–H groups in total. The summed E-state index contributed by atoms with van der Waals surface area (Å²) in [6.07, 6.45) is 1.66. The van der Waals surface area contributed by atoms with Gasteiger partial charge in [-0.2, -0.15) is 0 Å². The van der Waals surface area contributed by atoms with E-state index in [4.69, 9.17) is 4.74 Å². The van der Waals surface area contributed by atoms with Crippen LogP contribution in [0.2, 0.25) is 0 Å². The molecule has 0 atom stereocenters. The second-order valence-electron chi connectivity index (χ2n) is 7.66. The van der Waals surface area contributed by atoms with Crippen molar-refractivity contribution in [1.29, 1.82) is 0 Å². The quantitative estimate of drug-likeness (QED) is 0.498. The van der Waals surface area contributed by atoms with Gasteiger partial charge >= 0.3 is 5.69 Å². The highest BCUT2D eigenvalue weighted by atomic mass is 16.5. The smallest absolute Gasteiger partial charge is 0.330 e. The standard InChI is InChI=1S/C24H26N4O3/c1-15-14-25-24(30)28(15)20-7-5-6-19(13-20)26-23(29)18-8-9-22-21(12-18)16(2)17(3)27(22)10-11-31-4/h5-9,12-14H,10-11H2,1-4H3,(H,25,30)(H,26,29). The van der Waals surface area contributed by atoms with Gasteiger partial charge in [0.15, 0.2) is 0 Å². The minimum atomic E-state index is -0.213. The molecule has 1 amide bonds. The van der Waals surface area contributed by atoms with Crippen molar-refractivity contribution in [3.05, 3.63) is 81.7 Å². The third kappa shape index (κ3) is 3.80. The van der Waals surface area contributed by atoms with Crippen LogP contribution < -0.4 is 11.0 Å². The van der Waals surface area contributed by atoms with Gasteiger partial charge in [0.2, 0.25) is 0 Å². The van der Waals surface area contributed by atoms with Gasteiger partial charge in [0.25, 0.3) is 5.91 Å². The summed E-state index contributed by atoms with van der Waals surface area (Å²) in [5, 5.41) is 4.01. The lowest BCUT2D eigenvalue weighted by atomic mass is 10.1. The average molecular weight is 418 g/mol. The largest absolute Gasteiger partial charge is 0.383 e. The maximum absolute atomic E-state index is 13.0. The third-order valence-electron chi connectivity index (χ3n) is 5.74. The number of H-pyrrole nitrogens is 1. The van der Waals surface area contributed by atoms with Gasteiger partial charge in [0.1, 0.15) is 0 Å². The van der Waals surface area contributed by atoms with Crippen LogP contribution in [0.4, 0.5) is 5.69 Å². The number of hydrogen-bond acceptors (Lipinski definition) is 3. The zero-order chi connectivity index (χ0) is 22.1. The first-order valence-corrected chi connectivity index (χ1v) is 10.2. The van der Waals surface area contributed by atoms with Crippen molar-refractivity contribution in [3.63, 3.8) is 0 Å². The van der Waals surface area contributed by atoms with Crippen LogP contribution in [0.5, 0.6) is 0 Å². The number of carbonyl (C=O) groups is 1. The van der Waals surface area contributed by atoms with Gasteiger partial charge in [0, 0.05) is 53.4 Å². The molecule has 2 aromatic carbocycles. The number of methoxy groups -OCH3 is 1. The lowest BCUT2D eigenvalue weighted by molar-refractivity contribution is 0.102. The van der Waals surface area contributed by atoms with Crippen molar-refractivity contribution in [2.75, 3.05) is 19.0 Å². The van der Waals surface area contributed by atoms with E-state index in [0.717, 1.165) is 28.7 Å². The summed E-state index contributed by atoms with van der Waals surface area (Å²) < 4.78 is 9.01. The number of aromatic nitrogens is 3. The van der Waals surface area contributed by atoms with E-state index in [0.29, 0.717) is 23.5 Å². The molecule has 4 rings (SSSR count). The van der Waals surface area contributed by atoms with Crippen LogP contribution >= 0.6 is 0 Å². The van der Waals surface area contributed by atoms with E-state index in [1.165, 1.54) is 5.69 Å². The minimum Gasteiger partial charge on any atom is -0.383 e. The maximum Gasteiger partial charge on any atom is 0.330 e. The van der Waals surface area contributed by atoms with Gasteiger partial charge < -0.3 is 19.6 Å². The van der Waals surface area contributed by atoms with E-state index in [9.17, 15) is 9.59 Å². The summed E-state index contributed by atoms with van der Waals surface area (Å²) >= 11 is 0. The first-order chi connectivity index (χ1) is 14.9. The molecule has 7 heteroatoms. The Kier molecular flexibility index (Phi) is 5.52. The van der Waals surface area contributed by atoms with Crippen molar-refractivity contribution < 1.29 is 9.53 Å². The summed E-state index contributed by atoms with van der Waals surface area (Å²) in [5.74, 6) is -0.195. The minimum absolute atomic E-state index is 0.195. The Labute approximate surface area is 180 Å². The fourth-order valence-electron chi connectivity index (χ4n) is 3.96. The highest BCUT2D eigenvalue weighted by Gasteiger charge is 2.14. The predicted octanol–water partition coefficient (Wildman–Crippen LogP) is 3.94. The molecule has 7 nitrogen and oxygen atoms in total. The second kappa shape index (κ2) is 8.28. The lowest BCUT2D eigenvalue weighted by Crippen LogP contribution is -2.16. The maximum atomic E-state index is 13.0. The van der Waals surface area contributed by atoms with Gasteiger partial charge in [-0.3, -0.25) is 9.36 Å². The molecule has 0 radical (unpaired) electrons. The number of nitrogens with one attached hydrogen (secondary N) is 2. The van der Waals surface area contributed by atoms with E-state index < -0.39 is 0 Å². The topological polar surface area (TPSA) is 81.0 Å². The van der Waals surface area contributed by atoms with Gasteiger partial charge in [-0.15, -0.1) is 0 Å². The van der Waals surface area contributed by atoms with E-state index in [-0.39, 0.29) is 11.6 Å². The summed E-state index contributed by atoms with van der Waals surface area (Å²) in [6, 6.07) is 13.0. The Morgan fingerprint density at radius 3 is 2.65 bits per heavy atom. The first-order valence-electron chi connectivity index (χ1n) is 10.2. The molecule has 0 fully saturated rings.